The zero-order chi connectivity index (χ0) is 50.9. The topological polar surface area (TPSA) is 320 Å². The summed E-state index contributed by atoms with van der Waals surface area (Å²) in [5, 5.41) is 31.9. The smallest absolute Gasteiger partial charge is 0.462 e. The number of ketones is 1. The van der Waals surface area contributed by atoms with Crippen LogP contribution >= 0.6 is 23.5 Å². The van der Waals surface area contributed by atoms with Gasteiger partial charge in [-0.25, -0.2) is 13.7 Å². The fourth-order valence-corrected chi connectivity index (χ4v) is 10.2. The number of Topliss-reactive ketones (excluding diaryl/α,β-unsaturated/α-hetero) is 1. The Morgan fingerprint density at radius 3 is 1.21 bits per heavy atom. The Kier molecular flexibility index (Phi) is 35.8. The number of carbonyl (C=O) groups is 3. The molecule has 0 amide bonds. The van der Waals surface area contributed by atoms with Gasteiger partial charge in [0.1, 0.15) is 49.0 Å². The number of phosphoric ester groups is 3. The highest BCUT2D eigenvalue weighted by Crippen LogP contribution is 2.51. The predicted molar refractivity (Wildman–Crippen MR) is 253 cm³/mol. The average molecular weight is 1040 g/mol. The number of aliphatic hydroxyl groups excluding tert-OH is 3. The van der Waals surface area contributed by atoms with E-state index in [9.17, 15) is 67.9 Å². The van der Waals surface area contributed by atoms with Gasteiger partial charge in [0.2, 0.25) is 0 Å². The van der Waals surface area contributed by atoms with E-state index in [1.54, 1.807) is 0 Å². The molecule has 1 saturated carbocycles. The Morgan fingerprint density at radius 1 is 0.426 bits per heavy atom. The van der Waals surface area contributed by atoms with Gasteiger partial charge in [-0.15, -0.1) is 0 Å². The summed E-state index contributed by atoms with van der Waals surface area (Å²) in [7, 11) is -16.6. The summed E-state index contributed by atoms with van der Waals surface area (Å²) >= 11 is 0. The first kappa shape index (κ1) is 64.8. The van der Waals surface area contributed by atoms with Gasteiger partial charge in [-0.2, -0.15) is 0 Å². The number of unbranched alkanes of at least 4 members (excludes halogenated alkanes) is 24. The lowest BCUT2D eigenvalue weighted by molar-refractivity contribution is -0.213. The monoisotopic (exact) mass is 1040 g/mol. The van der Waals surface area contributed by atoms with E-state index in [2.05, 4.69) is 16.0 Å². The van der Waals surface area contributed by atoms with Crippen molar-refractivity contribution in [2.45, 2.75) is 256 Å². The molecular formula is C45H87O20P3. The average Bonchev–Trinajstić information content (AvgIpc) is 3.26. The molecule has 20 nitrogen and oxygen atoms in total. The molecule has 0 aromatic rings. The van der Waals surface area contributed by atoms with E-state index in [1.165, 1.54) is 77.0 Å². The molecule has 1 aliphatic rings. The van der Waals surface area contributed by atoms with Crippen LogP contribution in [-0.4, -0.2) is 113 Å². The van der Waals surface area contributed by atoms with Crippen molar-refractivity contribution in [2.24, 2.45) is 0 Å². The maximum absolute atomic E-state index is 13.1. The van der Waals surface area contributed by atoms with E-state index in [1.807, 2.05) is 6.92 Å². The lowest BCUT2D eigenvalue weighted by atomic mass is 9.85. The molecule has 1 rings (SSSR count). The number of carbonyl (C=O) groups excluding carboxylic acids is 3. The standard InChI is InChI=1S/C45H87O20P3/c1-3-5-6-7-8-9-10-12-17-20-23-26-29-33-39(48)62-37(34-60-38(47)32-28-25-22-19-16-14-11-13-15-18-21-24-27-31-36(46)30-4-2)35-61-68(58,59)65-43-40(49)41(50)44(63-66(52,53)54)45(42(43)51)64-67(55,56)57/h37,40-45,49-51H,3-35H2,1-2H3,(H,58,59)(H2,52,53,54)(H2,55,56,57)/t37-,40-,41+,42?,43?,44?,45-/m1/s1. The molecule has 8 atom stereocenters. The maximum atomic E-state index is 13.1. The second-order valence-electron chi connectivity index (χ2n) is 18.1. The molecule has 0 saturated heterocycles. The van der Waals surface area contributed by atoms with Crippen molar-refractivity contribution < 1.29 is 95.4 Å². The molecular weight excluding hydrogens is 953 g/mol. The fraction of sp³-hybridized carbons (Fsp3) is 0.933. The number of hydrogen-bond acceptors (Lipinski definition) is 15. The van der Waals surface area contributed by atoms with Crippen LogP contribution in [0.1, 0.15) is 213 Å². The van der Waals surface area contributed by atoms with Crippen LogP contribution in [0.25, 0.3) is 0 Å². The first-order valence-electron chi connectivity index (χ1n) is 25.2. The summed E-state index contributed by atoms with van der Waals surface area (Å²) in [4.78, 5) is 84.9. The fourth-order valence-electron chi connectivity index (χ4n) is 8.06. The lowest BCUT2D eigenvalue weighted by Gasteiger charge is -2.44. The highest BCUT2D eigenvalue weighted by molar-refractivity contribution is 7.47. The number of ether oxygens (including phenoxy) is 2. The zero-order valence-electron chi connectivity index (χ0n) is 40.7. The summed E-state index contributed by atoms with van der Waals surface area (Å²) < 4.78 is 65.5. The van der Waals surface area contributed by atoms with Crippen LogP contribution in [-0.2, 0) is 55.6 Å². The number of phosphoric acid groups is 3. The van der Waals surface area contributed by atoms with Crippen molar-refractivity contribution in [1.29, 1.82) is 0 Å². The zero-order valence-corrected chi connectivity index (χ0v) is 43.4. The summed E-state index contributed by atoms with van der Waals surface area (Å²) in [6.07, 6.45) is 13.8. The van der Waals surface area contributed by atoms with E-state index in [0.717, 1.165) is 83.5 Å². The normalized spacial score (nSPS) is 21.3. The summed E-state index contributed by atoms with van der Waals surface area (Å²) in [5.74, 6) is -0.939. The van der Waals surface area contributed by atoms with Crippen molar-refractivity contribution in [3.8, 4) is 0 Å². The van der Waals surface area contributed by atoms with Gasteiger partial charge < -0.3 is 49.3 Å². The van der Waals surface area contributed by atoms with Crippen molar-refractivity contribution in [2.75, 3.05) is 13.2 Å². The Hall–Kier alpha value is -1.18. The van der Waals surface area contributed by atoms with Crippen LogP contribution in [0.4, 0.5) is 0 Å². The minimum absolute atomic E-state index is 0.00401. The van der Waals surface area contributed by atoms with Gasteiger partial charge in [0.15, 0.2) is 6.10 Å². The van der Waals surface area contributed by atoms with Gasteiger partial charge in [0.05, 0.1) is 6.61 Å². The molecule has 0 bridgehead atoms. The van der Waals surface area contributed by atoms with Gasteiger partial charge in [-0.3, -0.25) is 32.5 Å². The minimum atomic E-state index is -5.60. The van der Waals surface area contributed by atoms with Crippen molar-refractivity contribution >= 4 is 41.2 Å². The van der Waals surface area contributed by atoms with E-state index in [0.29, 0.717) is 31.5 Å². The molecule has 1 aliphatic carbocycles. The molecule has 0 aliphatic heterocycles. The van der Waals surface area contributed by atoms with Gasteiger partial charge in [0, 0.05) is 25.7 Å². The molecule has 0 aromatic carbocycles. The number of rotatable bonds is 44. The van der Waals surface area contributed by atoms with Crippen LogP contribution < -0.4 is 0 Å². The molecule has 0 heterocycles. The van der Waals surface area contributed by atoms with E-state index in [4.69, 9.17) is 18.5 Å². The second kappa shape index (κ2) is 37.5. The Balaban J connectivity index is 2.67. The van der Waals surface area contributed by atoms with E-state index >= 15 is 0 Å². The summed E-state index contributed by atoms with van der Waals surface area (Å²) in [6.45, 7) is 2.73. The third-order valence-corrected chi connectivity index (χ3v) is 13.8. The number of esters is 2. The molecule has 1 fully saturated rings. The van der Waals surface area contributed by atoms with Gasteiger partial charge in [-0.1, -0.05) is 162 Å². The van der Waals surface area contributed by atoms with Gasteiger partial charge >= 0.3 is 35.4 Å². The number of hydrogen-bond donors (Lipinski definition) is 8. The first-order chi connectivity index (χ1) is 32.2. The quantitative estimate of drug-likeness (QED) is 0.0161. The third kappa shape index (κ3) is 33.5. The van der Waals surface area contributed by atoms with Crippen molar-refractivity contribution in [1.82, 2.24) is 0 Å². The molecule has 68 heavy (non-hydrogen) atoms. The largest absolute Gasteiger partial charge is 0.472 e. The SMILES string of the molecule is CCCCCCCCCCCCCCCC(=O)O[C@H](COC(=O)CCCCCCCCCCCCCCCC(=O)CCC)COP(=O)(O)OC1C(O)[C@@H](OP(=O)(O)O)C(OP(=O)(O)O)[C@@H](O)[C@H]1O. The van der Waals surface area contributed by atoms with Crippen LogP contribution in [0.15, 0.2) is 0 Å². The second-order valence-corrected chi connectivity index (χ2v) is 21.9. The van der Waals surface area contributed by atoms with Gasteiger partial charge in [-0.05, 0) is 25.7 Å². The number of aliphatic hydroxyl groups is 3. The van der Waals surface area contributed by atoms with Crippen molar-refractivity contribution in [3.05, 3.63) is 0 Å². The van der Waals surface area contributed by atoms with Gasteiger partial charge in [0.25, 0.3) is 0 Å². The van der Waals surface area contributed by atoms with E-state index < -0.39 is 91.3 Å². The lowest BCUT2D eigenvalue weighted by Crippen LogP contribution is -2.65. The Labute approximate surface area is 404 Å². The van der Waals surface area contributed by atoms with Crippen LogP contribution in [0.5, 0.6) is 0 Å². The van der Waals surface area contributed by atoms with Crippen LogP contribution in [0.3, 0.4) is 0 Å². The first-order valence-corrected chi connectivity index (χ1v) is 29.8. The maximum Gasteiger partial charge on any atom is 0.472 e. The van der Waals surface area contributed by atoms with Crippen LogP contribution in [0, 0.1) is 0 Å². The molecule has 402 valence electrons. The molecule has 4 unspecified atom stereocenters. The predicted octanol–water partition coefficient (Wildman–Crippen LogP) is 8.70. The van der Waals surface area contributed by atoms with Crippen LogP contribution in [0.2, 0.25) is 0 Å². The highest BCUT2D eigenvalue weighted by atomic mass is 31.2. The Bertz CT molecular complexity index is 1490. The molecule has 0 spiro atoms. The highest BCUT2D eigenvalue weighted by Gasteiger charge is 2.56. The molecule has 0 radical (unpaired) electrons. The summed E-state index contributed by atoms with van der Waals surface area (Å²) in [5.41, 5.74) is 0. The molecule has 0 aromatic heterocycles. The Morgan fingerprint density at radius 2 is 0.794 bits per heavy atom. The summed E-state index contributed by atoms with van der Waals surface area (Å²) in [6, 6.07) is 0. The molecule has 23 heteroatoms. The van der Waals surface area contributed by atoms with Crippen molar-refractivity contribution in [3.63, 3.8) is 0 Å². The molecule has 8 N–H and O–H groups in total. The minimum Gasteiger partial charge on any atom is -0.462 e. The van der Waals surface area contributed by atoms with E-state index in [-0.39, 0.29) is 12.8 Å². The third-order valence-electron chi connectivity index (χ3n) is 11.8.